The SMILES string of the molecule is CCCC(CCC)COC(=O)c1ccc(SC)cc1. The molecule has 1 aromatic rings. The molecule has 0 aliphatic carbocycles. The van der Waals surface area contributed by atoms with Gasteiger partial charge in [0.2, 0.25) is 0 Å². The first-order valence-corrected chi connectivity index (χ1v) is 8.24. The lowest BCUT2D eigenvalue weighted by molar-refractivity contribution is 0.0425. The van der Waals surface area contributed by atoms with Crippen molar-refractivity contribution >= 4 is 17.7 Å². The maximum absolute atomic E-state index is 11.9. The van der Waals surface area contributed by atoms with Crippen molar-refractivity contribution in [2.75, 3.05) is 12.9 Å². The van der Waals surface area contributed by atoms with Gasteiger partial charge in [-0.1, -0.05) is 26.7 Å². The Kier molecular flexibility index (Phi) is 7.65. The van der Waals surface area contributed by atoms with E-state index in [9.17, 15) is 4.79 Å². The lowest BCUT2D eigenvalue weighted by Gasteiger charge is -2.15. The van der Waals surface area contributed by atoms with Gasteiger partial charge in [0.15, 0.2) is 0 Å². The van der Waals surface area contributed by atoms with Crippen molar-refractivity contribution in [1.82, 2.24) is 0 Å². The summed E-state index contributed by atoms with van der Waals surface area (Å²) in [5.41, 5.74) is 0.643. The van der Waals surface area contributed by atoms with Gasteiger partial charge in [0.1, 0.15) is 0 Å². The van der Waals surface area contributed by atoms with Gasteiger partial charge < -0.3 is 4.74 Å². The number of rotatable bonds is 8. The van der Waals surface area contributed by atoms with Crippen LogP contribution in [0.3, 0.4) is 0 Å². The number of thioether (sulfide) groups is 1. The Morgan fingerprint density at radius 1 is 1.16 bits per heavy atom. The van der Waals surface area contributed by atoms with E-state index in [2.05, 4.69) is 13.8 Å². The number of ether oxygens (including phenoxy) is 1. The number of hydrogen-bond acceptors (Lipinski definition) is 3. The molecule has 0 saturated heterocycles. The minimum Gasteiger partial charge on any atom is -0.462 e. The fourth-order valence-electron chi connectivity index (χ4n) is 2.13. The van der Waals surface area contributed by atoms with Crippen LogP contribution in [0.5, 0.6) is 0 Å². The number of carbonyl (C=O) groups is 1. The quantitative estimate of drug-likeness (QED) is 0.506. The van der Waals surface area contributed by atoms with Gasteiger partial charge >= 0.3 is 5.97 Å². The van der Waals surface area contributed by atoms with Crippen molar-refractivity contribution in [3.8, 4) is 0 Å². The highest BCUT2D eigenvalue weighted by Crippen LogP contribution is 2.17. The van der Waals surface area contributed by atoms with E-state index in [1.807, 2.05) is 30.5 Å². The molecule has 0 unspecified atom stereocenters. The molecule has 0 fully saturated rings. The minimum atomic E-state index is -0.204. The Balaban J connectivity index is 2.48. The number of esters is 1. The Bertz CT molecular complexity index is 367. The second-order valence-electron chi connectivity index (χ2n) is 4.77. The topological polar surface area (TPSA) is 26.3 Å². The second-order valence-corrected chi connectivity index (χ2v) is 5.65. The average molecular weight is 280 g/mol. The van der Waals surface area contributed by atoms with Crippen molar-refractivity contribution in [2.45, 2.75) is 44.4 Å². The lowest BCUT2D eigenvalue weighted by Crippen LogP contribution is -2.14. The monoisotopic (exact) mass is 280 g/mol. The third-order valence-corrected chi connectivity index (χ3v) is 3.91. The molecule has 0 bridgehead atoms. The first-order chi connectivity index (χ1) is 9.21. The molecule has 0 aliphatic rings. The molecule has 0 aliphatic heterocycles. The van der Waals surface area contributed by atoms with Crippen LogP contribution in [0.4, 0.5) is 0 Å². The zero-order valence-electron chi connectivity index (χ0n) is 12.1. The van der Waals surface area contributed by atoms with Gasteiger partial charge in [0.05, 0.1) is 12.2 Å². The van der Waals surface area contributed by atoms with Crippen LogP contribution >= 0.6 is 11.8 Å². The normalized spacial score (nSPS) is 10.7. The Hall–Kier alpha value is -0.960. The molecule has 0 spiro atoms. The van der Waals surface area contributed by atoms with Crippen molar-refractivity contribution < 1.29 is 9.53 Å². The van der Waals surface area contributed by atoms with Gasteiger partial charge in [-0.05, 0) is 49.3 Å². The molecule has 0 radical (unpaired) electrons. The maximum atomic E-state index is 11.9. The van der Waals surface area contributed by atoms with Gasteiger partial charge in [-0.3, -0.25) is 0 Å². The number of carbonyl (C=O) groups excluding carboxylic acids is 1. The molecule has 3 heteroatoms. The van der Waals surface area contributed by atoms with Crippen molar-refractivity contribution in [2.24, 2.45) is 5.92 Å². The van der Waals surface area contributed by atoms with Crippen LogP contribution in [-0.4, -0.2) is 18.8 Å². The van der Waals surface area contributed by atoms with E-state index < -0.39 is 0 Å². The Labute approximate surface area is 120 Å². The smallest absolute Gasteiger partial charge is 0.338 e. The van der Waals surface area contributed by atoms with Crippen LogP contribution in [-0.2, 0) is 4.74 Å². The molecule has 1 rings (SSSR count). The molecular weight excluding hydrogens is 256 g/mol. The standard InChI is InChI=1S/C16H24O2S/c1-4-6-13(7-5-2)12-18-16(17)14-8-10-15(19-3)11-9-14/h8-11,13H,4-7,12H2,1-3H3. The molecule has 106 valence electrons. The molecule has 0 N–H and O–H groups in total. The maximum Gasteiger partial charge on any atom is 0.338 e. The summed E-state index contributed by atoms with van der Waals surface area (Å²) in [7, 11) is 0. The van der Waals surface area contributed by atoms with Gasteiger partial charge in [-0.25, -0.2) is 4.79 Å². The third-order valence-electron chi connectivity index (χ3n) is 3.17. The highest BCUT2D eigenvalue weighted by molar-refractivity contribution is 7.98. The van der Waals surface area contributed by atoms with E-state index in [1.165, 1.54) is 0 Å². The summed E-state index contributed by atoms with van der Waals surface area (Å²) in [5, 5.41) is 0. The van der Waals surface area contributed by atoms with Crippen LogP contribution in [0.25, 0.3) is 0 Å². The first-order valence-electron chi connectivity index (χ1n) is 7.02. The molecule has 0 aromatic heterocycles. The summed E-state index contributed by atoms with van der Waals surface area (Å²) in [6.45, 7) is 4.89. The van der Waals surface area contributed by atoms with Gasteiger partial charge in [0.25, 0.3) is 0 Å². The van der Waals surface area contributed by atoms with Crippen LogP contribution in [0.15, 0.2) is 29.2 Å². The van der Waals surface area contributed by atoms with E-state index >= 15 is 0 Å². The summed E-state index contributed by atoms with van der Waals surface area (Å²) in [4.78, 5) is 13.1. The summed E-state index contributed by atoms with van der Waals surface area (Å²) in [6, 6.07) is 7.58. The van der Waals surface area contributed by atoms with E-state index in [4.69, 9.17) is 4.74 Å². The summed E-state index contributed by atoms with van der Waals surface area (Å²) in [5.74, 6) is 0.300. The summed E-state index contributed by atoms with van der Waals surface area (Å²) < 4.78 is 5.42. The Morgan fingerprint density at radius 2 is 1.74 bits per heavy atom. The number of benzene rings is 1. The van der Waals surface area contributed by atoms with Crippen LogP contribution in [0.1, 0.15) is 49.9 Å². The van der Waals surface area contributed by atoms with E-state index in [1.54, 1.807) is 11.8 Å². The van der Waals surface area contributed by atoms with Crippen LogP contribution in [0.2, 0.25) is 0 Å². The first kappa shape index (κ1) is 16.1. The second kappa shape index (κ2) is 9.03. The molecule has 19 heavy (non-hydrogen) atoms. The zero-order valence-corrected chi connectivity index (χ0v) is 13.0. The van der Waals surface area contributed by atoms with Gasteiger partial charge in [0, 0.05) is 4.90 Å². The third kappa shape index (κ3) is 5.68. The number of hydrogen-bond donors (Lipinski definition) is 0. The largest absolute Gasteiger partial charge is 0.462 e. The van der Waals surface area contributed by atoms with Crippen molar-refractivity contribution in [1.29, 1.82) is 0 Å². The molecule has 0 heterocycles. The van der Waals surface area contributed by atoms with Crippen LogP contribution in [0, 0.1) is 5.92 Å². The zero-order chi connectivity index (χ0) is 14.1. The highest BCUT2D eigenvalue weighted by Gasteiger charge is 2.12. The molecule has 0 saturated carbocycles. The van der Waals surface area contributed by atoms with E-state index in [0.717, 1.165) is 30.6 Å². The van der Waals surface area contributed by atoms with E-state index in [-0.39, 0.29) is 5.97 Å². The fraction of sp³-hybridized carbons (Fsp3) is 0.562. The molecule has 2 nitrogen and oxygen atoms in total. The fourth-order valence-corrected chi connectivity index (χ4v) is 2.54. The van der Waals surface area contributed by atoms with Gasteiger partial charge in [-0.15, -0.1) is 11.8 Å². The van der Waals surface area contributed by atoms with E-state index in [0.29, 0.717) is 18.1 Å². The molecule has 0 amide bonds. The summed E-state index contributed by atoms with van der Waals surface area (Å²) in [6.07, 6.45) is 6.57. The highest BCUT2D eigenvalue weighted by atomic mass is 32.2. The molecule has 0 atom stereocenters. The predicted molar refractivity (Wildman–Crippen MR) is 81.8 cm³/mol. The summed E-state index contributed by atoms with van der Waals surface area (Å²) >= 11 is 1.67. The van der Waals surface area contributed by atoms with Crippen molar-refractivity contribution in [3.63, 3.8) is 0 Å². The van der Waals surface area contributed by atoms with Crippen molar-refractivity contribution in [3.05, 3.63) is 29.8 Å². The molecular formula is C16H24O2S. The minimum absolute atomic E-state index is 0.204. The molecule has 1 aromatic carbocycles. The lowest BCUT2D eigenvalue weighted by atomic mass is 9.99. The van der Waals surface area contributed by atoms with Gasteiger partial charge in [-0.2, -0.15) is 0 Å². The average Bonchev–Trinajstić information content (AvgIpc) is 2.45. The van der Waals surface area contributed by atoms with Crippen LogP contribution < -0.4 is 0 Å². The Morgan fingerprint density at radius 3 is 2.21 bits per heavy atom. The predicted octanol–water partition coefficient (Wildman–Crippen LogP) is 4.78.